The fourth-order valence-electron chi connectivity index (χ4n) is 1.64. The molecule has 2 rings (SSSR count). The van der Waals surface area contributed by atoms with Crippen molar-refractivity contribution in [3.8, 4) is 5.75 Å². The lowest BCUT2D eigenvalue weighted by molar-refractivity contribution is 0.411. The summed E-state index contributed by atoms with van der Waals surface area (Å²) in [6, 6.07) is 5.33. The van der Waals surface area contributed by atoms with Crippen LogP contribution in [0.25, 0.3) is 0 Å². The minimum absolute atomic E-state index is 0.613. The highest BCUT2D eigenvalue weighted by Crippen LogP contribution is 2.27. The van der Waals surface area contributed by atoms with E-state index in [1.54, 1.807) is 32.4 Å². The summed E-state index contributed by atoms with van der Waals surface area (Å²) >= 11 is 0. The lowest BCUT2D eigenvalue weighted by Gasteiger charge is -2.20. The van der Waals surface area contributed by atoms with Crippen LogP contribution in [0, 0.1) is 6.92 Å². The number of methoxy groups -OCH3 is 1. The van der Waals surface area contributed by atoms with Gasteiger partial charge in [0.1, 0.15) is 5.75 Å². The van der Waals surface area contributed by atoms with E-state index < -0.39 is 10.2 Å². The van der Waals surface area contributed by atoms with Gasteiger partial charge in [-0.05, 0) is 30.7 Å². The Kier molecular flexibility index (Phi) is 3.01. The van der Waals surface area contributed by atoms with Gasteiger partial charge >= 0.3 is 10.2 Å². The maximum absolute atomic E-state index is 12.0. The molecule has 0 amide bonds. The van der Waals surface area contributed by atoms with E-state index in [4.69, 9.17) is 4.74 Å². The summed E-state index contributed by atoms with van der Waals surface area (Å²) in [5.74, 6) is 0.756. The predicted molar refractivity (Wildman–Crippen MR) is 66.6 cm³/mol. The van der Waals surface area contributed by atoms with Gasteiger partial charge in [-0.1, -0.05) is 0 Å². The Balaban J connectivity index is 2.31. The summed E-state index contributed by atoms with van der Waals surface area (Å²) in [4.78, 5) is 0. The Morgan fingerprint density at radius 3 is 2.47 bits per heavy atom. The minimum atomic E-state index is -3.33. The highest BCUT2D eigenvalue weighted by molar-refractivity contribution is 7.90. The molecule has 1 saturated heterocycles. The molecular formula is C11H16N2O3S. The van der Waals surface area contributed by atoms with Gasteiger partial charge in [-0.15, -0.1) is 0 Å². The van der Waals surface area contributed by atoms with Gasteiger partial charge in [0.25, 0.3) is 0 Å². The monoisotopic (exact) mass is 256 g/mol. The van der Waals surface area contributed by atoms with Crippen LogP contribution in [-0.2, 0) is 10.2 Å². The Hall–Kier alpha value is -1.27. The zero-order valence-electron chi connectivity index (χ0n) is 10.2. The summed E-state index contributed by atoms with van der Waals surface area (Å²) in [5, 5.41) is 0. The van der Waals surface area contributed by atoms with Gasteiger partial charge < -0.3 is 4.74 Å². The highest BCUT2D eigenvalue weighted by Gasteiger charge is 2.35. The third kappa shape index (κ3) is 2.23. The van der Waals surface area contributed by atoms with Gasteiger partial charge in [-0.2, -0.15) is 12.7 Å². The maximum Gasteiger partial charge on any atom is 0.303 e. The van der Waals surface area contributed by atoms with E-state index >= 15 is 0 Å². The van der Waals surface area contributed by atoms with Gasteiger partial charge in [-0.3, -0.25) is 4.31 Å². The molecule has 1 aromatic carbocycles. The van der Waals surface area contributed by atoms with Crippen LogP contribution in [0.3, 0.4) is 0 Å². The molecule has 6 heteroatoms. The first kappa shape index (κ1) is 12.2. The number of aryl methyl sites for hydroxylation is 1. The van der Waals surface area contributed by atoms with Crippen molar-refractivity contribution in [2.24, 2.45) is 0 Å². The fraction of sp³-hybridized carbons (Fsp3) is 0.455. The molecule has 0 aliphatic carbocycles. The molecule has 1 aliphatic heterocycles. The Bertz CT molecular complexity index is 524. The standard InChI is InChI=1S/C11H16N2O3S/c1-9-8-10(4-5-11(9)16-3)12(2)17(14,15)13-6-7-13/h4-5,8H,6-7H2,1-3H3. The van der Waals surface area contributed by atoms with E-state index in [1.807, 2.05) is 6.92 Å². The summed E-state index contributed by atoms with van der Waals surface area (Å²) in [7, 11) is -0.169. The molecule has 0 spiro atoms. The van der Waals surface area contributed by atoms with Crippen LogP contribution >= 0.6 is 0 Å². The Labute approximate surface area is 102 Å². The summed E-state index contributed by atoms with van der Waals surface area (Å²) in [6.07, 6.45) is 0. The van der Waals surface area contributed by atoms with E-state index in [0.29, 0.717) is 18.8 Å². The summed E-state index contributed by atoms with van der Waals surface area (Å²) in [5.41, 5.74) is 1.56. The van der Waals surface area contributed by atoms with Crippen LogP contribution in [0.1, 0.15) is 5.56 Å². The number of nitrogens with zero attached hydrogens (tertiary/aromatic N) is 2. The number of ether oxygens (including phenoxy) is 1. The quantitative estimate of drug-likeness (QED) is 0.755. The van der Waals surface area contributed by atoms with Crippen LogP contribution in [0.4, 0.5) is 5.69 Å². The van der Waals surface area contributed by atoms with Crippen LogP contribution in [0.15, 0.2) is 18.2 Å². The second kappa shape index (κ2) is 4.19. The van der Waals surface area contributed by atoms with Crippen LogP contribution in [0.2, 0.25) is 0 Å². The molecule has 0 saturated carbocycles. The average molecular weight is 256 g/mol. The van der Waals surface area contributed by atoms with Gasteiger partial charge in [0.2, 0.25) is 0 Å². The normalized spacial score (nSPS) is 15.7. The molecule has 0 N–H and O–H groups in total. The van der Waals surface area contributed by atoms with Crippen molar-refractivity contribution in [3.63, 3.8) is 0 Å². The van der Waals surface area contributed by atoms with Crippen molar-refractivity contribution in [2.75, 3.05) is 31.6 Å². The second-order valence-corrected chi connectivity index (χ2v) is 5.99. The van der Waals surface area contributed by atoms with E-state index in [0.717, 1.165) is 11.3 Å². The molecule has 0 atom stereocenters. The van der Waals surface area contributed by atoms with Crippen molar-refractivity contribution >= 4 is 15.9 Å². The lowest BCUT2D eigenvalue weighted by Crippen LogP contribution is -2.32. The van der Waals surface area contributed by atoms with Crippen LogP contribution < -0.4 is 9.04 Å². The molecule has 0 bridgehead atoms. The topological polar surface area (TPSA) is 49.6 Å². The first-order valence-electron chi connectivity index (χ1n) is 5.35. The van der Waals surface area contributed by atoms with E-state index in [1.165, 1.54) is 8.61 Å². The highest BCUT2D eigenvalue weighted by atomic mass is 32.2. The number of anilines is 1. The van der Waals surface area contributed by atoms with Crippen molar-refractivity contribution in [2.45, 2.75) is 6.92 Å². The second-order valence-electron chi connectivity index (χ2n) is 4.03. The molecule has 94 valence electrons. The minimum Gasteiger partial charge on any atom is -0.496 e. The molecule has 1 heterocycles. The molecule has 1 aliphatic rings. The van der Waals surface area contributed by atoms with E-state index in [2.05, 4.69) is 0 Å². The smallest absolute Gasteiger partial charge is 0.303 e. The molecule has 0 radical (unpaired) electrons. The lowest BCUT2D eigenvalue weighted by atomic mass is 10.2. The van der Waals surface area contributed by atoms with Crippen molar-refractivity contribution < 1.29 is 13.2 Å². The molecule has 1 fully saturated rings. The molecular weight excluding hydrogens is 240 g/mol. The molecule has 0 aromatic heterocycles. The first-order chi connectivity index (χ1) is 7.96. The third-order valence-electron chi connectivity index (χ3n) is 2.82. The third-order valence-corrected chi connectivity index (χ3v) is 4.74. The van der Waals surface area contributed by atoms with Gasteiger partial charge in [0.05, 0.1) is 12.8 Å². The van der Waals surface area contributed by atoms with E-state index in [-0.39, 0.29) is 0 Å². The van der Waals surface area contributed by atoms with Gasteiger partial charge in [0.15, 0.2) is 0 Å². The predicted octanol–water partition coefficient (Wildman–Crippen LogP) is 1.00. The summed E-state index contributed by atoms with van der Waals surface area (Å²) < 4.78 is 31.8. The number of hydrogen-bond donors (Lipinski definition) is 0. The van der Waals surface area contributed by atoms with Crippen molar-refractivity contribution in [1.82, 2.24) is 4.31 Å². The molecule has 5 nitrogen and oxygen atoms in total. The van der Waals surface area contributed by atoms with Gasteiger partial charge in [-0.25, -0.2) is 0 Å². The van der Waals surface area contributed by atoms with Gasteiger partial charge in [0, 0.05) is 20.1 Å². The number of benzene rings is 1. The molecule has 0 unspecified atom stereocenters. The molecule has 1 aromatic rings. The van der Waals surface area contributed by atoms with Crippen LogP contribution in [-0.4, -0.2) is 40.0 Å². The number of rotatable bonds is 4. The average Bonchev–Trinajstić information content (AvgIpc) is 3.11. The fourth-order valence-corrected chi connectivity index (χ4v) is 2.91. The van der Waals surface area contributed by atoms with Crippen molar-refractivity contribution in [1.29, 1.82) is 0 Å². The largest absolute Gasteiger partial charge is 0.496 e. The van der Waals surface area contributed by atoms with E-state index in [9.17, 15) is 8.42 Å². The zero-order chi connectivity index (χ0) is 12.6. The number of hydrogen-bond acceptors (Lipinski definition) is 3. The molecule has 17 heavy (non-hydrogen) atoms. The van der Waals surface area contributed by atoms with Crippen molar-refractivity contribution in [3.05, 3.63) is 23.8 Å². The Morgan fingerprint density at radius 2 is 2.00 bits per heavy atom. The maximum atomic E-state index is 12.0. The summed E-state index contributed by atoms with van der Waals surface area (Å²) in [6.45, 7) is 3.11. The SMILES string of the molecule is COc1ccc(N(C)S(=O)(=O)N2CC2)cc1C. The zero-order valence-corrected chi connectivity index (χ0v) is 11.0. The first-order valence-corrected chi connectivity index (χ1v) is 6.75. The van der Waals surface area contributed by atoms with Crippen LogP contribution in [0.5, 0.6) is 5.75 Å². The Morgan fingerprint density at radius 1 is 1.35 bits per heavy atom.